The second kappa shape index (κ2) is 45.0. The third-order valence-electron chi connectivity index (χ3n) is 14.7. The molecule has 13 aromatic rings. The van der Waals surface area contributed by atoms with E-state index < -0.39 is 0 Å². The Morgan fingerprint density at radius 3 is 1.14 bits per heavy atom. The van der Waals surface area contributed by atoms with Crippen molar-refractivity contribution in [1.82, 2.24) is 15.0 Å². The van der Waals surface area contributed by atoms with Gasteiger partial charge in [0, 0.05) is 36.7 Å². The molecule has 4 nitrogen and oxygen atoms in total. The van der Waals surface area contributed by atoms with E-state index in [0.717, 1.165) is 16.8 Å². The fraction of sp³-hybridized carbons (Fsp3) is 0.191. The summed E-state index contributed by atoms with van der Waals surface area (Å²) in [5.74, 6) is -0.171. The molecule has 0 spiro atoms. The van der Waals surface area contributed by atoms with E-state index in [1.165, 1.54) is 118 Å². The number of rotatable bonds is 0. The molecule has 10 aromatic carbocycles. The van der Waals surface area contributed by atoms with E-state index in [9.17, 15) is 4.39 Å². The maximum atomic E-state index is 12.1. The molecule has 0 fully saturated rings. The first-order valence-electron chi connectivity index (χ1n) is 34.0. The molecular formula is C89H99FN4. The number of benzene rings is 10. The molecule has 0 unspecified atom stereocenters. The largest absolute Gasteiger partial charge is 0.265 e. The number of hydrogen-bond acceptors (Lipinski definition) is 4. The van der Waals surface area contributed by atoms with Gasteiger partial charge in [-0.1, -0.05) is 245 Å². The van der Waals surface area contributed by atoms with E-state index in [2.05, 4.69) is 219 Å². The molecule has 0 bridgehead atoms. The highest BCUT2D eigenvalue weighted by Gasteiger charge is 2.08. The van der Waals surface area contributed by atoms with Crippen LogP contribution in [-0.2, 0) is 0 Å². The molecule has 94 heavy (non-hydrogen) atoms. The summed E-state index contributed by atoms with van der Waals surface area (Å²) in [6, 6.07) is 77.0. The number of nitriles is 1. The van der Waals surface area contributed by atoms with Gasteiger partial charge in [-0.05, 0) is 244 Å². The van der Waals surface area contributed by atoms with Crippen LogP contribution in [0.2, 0.25) is 0 Å². The molecule has 0 saturated carbocycles. The lowest BCUT2D eigenvalue weighted by Crippen LogP contribution is -1.98. The first kappa shape index (κ1) is 69.5. The van der Waals surface area contributed by atoms with Crippen LogP contribution < -0.4 is 0 Å². The molecule has 13 rings (SSSR count). The molecule has 0 atom stereocenters. The third kappa shape index (κ3) is 33.1. The summed E-state index contributed by atoms with van der Waals surface area (Å²) in [6.45, 7) is 35.3. The van der Waals surface area contributed by atoms with E-state index in [-0.39, 0.29) is 36.0 Å². The highest BCUT2D eigenvalue weighted by molar-refractivity contribution is 5.85. The lowest BCUT2D eigenvalue weighted by Gasteiger charge is -2.15. The van der Waals surface area contributed by atoms with Crippen LogP contribution in [0.3, 0.4) is 0 Å². The molecule has 0 aliphatic rings. The summed E-state index contributed by atoms with van der Waals surface area (Å²) in [5, 5.41) is 13.7. The summed E-state index contributed by atoms with van der Waals surface area (Å²) < 4.78 is 48.4. The maximum absolute atomic E-state index is 12.1. The Morgan fingerprint density at radius 2 is 0.745 bits per heavy atom. The SMILES string of the molecule is Cc1c(C)c(C)c(C)c(C)c1C.Cc1ccc(C#N)cc1.Cc1ccc(C)cc1.Cc1ccc(F)cc1.Cc1ccc2ccccc2c1.Cc1cccc2ccccc12.Cc1ccccc1.Cc1ccccn1.Cc1cccnc1.Cc1ccncc1.[2H]c1c([2H])c([2H])c(C)c([2H])c1[2H]. The van der Waals surface area contributed by atoms with E-state index in [1.54, 1.807) is 36.9 Å². The van der Waals surface area contributed by atoms with Crippen LogP contribution in [0.5, 0.6) is 0 Å². The number of aromatic nitrogens is 3. The van der Waals surface area contributed by atoms with Crippen LogP contribution in [0.15, 0.2) is 292 Å². The predicted molar refractivity (Wildman–Crippen MR) is 404 cm³/mol. The minimum atomic E-state index is -0.337. The van der Waals surface area contributed by atoms with Crippen LogP contribution in [-0.4, -0.2) is 15.0 Å². The zero-order valence-corrected chi connectivity index (χ0v) is 58.5. The fourth-order valence-electron chi connectivity index (χ4n) is 8.35. The lowest BCUT2D eigenvalue weighted by molar-refractivity contribution is 0.627. The molecule has 3 heterocycles. The number of pyridine rings is 3. The molecule has 0 aliphatic heterocycles. The normalized spacial score (nSPS) is 10.1. The van der Waals surface area contributed by atoms with Crippen LogP contribution in [0.1, 0.15) is 107 Å². The Morgan fingerprint density at radius 1 is 0.319 bits per heavy atom. The summed E-state index contributed by atoms with van der Waals surface area (Å²) >= 11 is 0. The second-order valence-electron chi connectivity index (χ2n) is 22.8. The summed E-state index contributed by atoms with van der Waals surface area (Å²) in [7, 11) is 0. The van der Waals surface area contributed by atoms with E-state index >= 15 is 0 Å². The van der Waals surface area contributed by atoms with Gasteiger partial charge in [0.1, 0.15) is 5.82 Å². The predicted octanol–water partition coefficient (Wildman–Crippen LogP) is 24.3. The van der Waals surface area contributed by atoms with E-state index in [4.69, 9.17) is 12.1 Å². The van der Waals surface area contributed by atoms with Gasteiger partial charge in [0.05, 0.1) is 18.5 Å². The van der Waals surface area contributed by atoms with Crippen LogP contribution in [0, 0.1) is 135 Å². The van der Waals surface area contributed by atoms with Crippen LogP contribution >= 0.6 is 0 Å². The molecule has 482 valence electrons. The molecule has 5 heteroatoms. The van der Waals surface area contributed by atoms with Crippen molar-refractivity contribution in [3.8, 4) is 6.07 Å². The van der Waals surface area contributed by atoms with Crippen molar-refractivity contribution in [2.45, 2.75) is 118 Å². The number of fused-ring (bicyclic) bond motifs is 2. The number of hydrogen-bond donors (Lipinski definition) is 0. The molecular weight excluding hydrogens is 1140 g/mol. The van der Waals surface area contributed by atoms with Gasteiger partial charge in [-0.3, -0.25) is 15.0 Å². The highest BCUT2D eigenvalue weighted by Crippen LogP contribution is 2.25. The van der Waals surface area contributed by atoms with Crippen molar-refractivity contribution >= 4 is 21.5 Å². The average molecular weight is 1250 g/mol. The standard InChI is InChI=1S/C12H18.2C11H10.C8H7N.C8H10.C7H7F.2C7H8.3C6H7N/c1-7-8(2)10(4)12(6)11(5)9(7)3;1-9-5-4-7-10-6-2-3-8-11(9)10;1-9-6-7-10-4-2-3-5-11(10)8-9;1-7-2-4-8(6-9)5-3-7;1-7-3-5-8(2)6-4-7;1-6-2-4-7(8)5-3-6;2*1-7-5-3-2-4-6-7;1-6-2-4-7-5-3-6;1-6-3-2-4-7-5-6;1-6-4-2-3-5-7-6/h1-6H3;2*2-8H,1H3;2-5H,1H3;3-6H,1-2H3;2-5H,1H3;2*2-6H,1H3;3*2-5H,1H3/i;;;;;;2D,3D,4D,5D,6D;;;;. The molecule has 3 aromatic heterocycles. The van der Waals surface area contributed by atoms with Crippen molar-refractivity contribution in [2.75, 3.05) is 0 Å². The second-order valence-corrected chi connectivity index (χ2v) is 22.8. The molecule has 0 amide bonds. The smallest absolute Gasteiger partial charge is 0.123 e. The van der Waals surface area contributed by atoms with Crippen molar-refractivity contribution < 1.29 is 11.2 Å². The minimum Gasteiger partial charge on any atom is -0.265 e. The van der Waals surface area contributed by atoms with Gasteiger partial charge < -0.3 is 0 Å². The van der Waals surface area contributed by atoms with Gasteiger partial charge in [-0.25, -0.2) is 4.39 Å². The monoisotopic (exact) mass is 1250 g/mol. The topological polar surface area (TPSA) is 62.5 Å². The van der Waals surface area contributed by atoms with Crippen molar-refractivity contribution in [3.63, 3.8) is 0 Å². The van der Waals surface area contributed by atoms with Crippen molar-refractivity contribution in [1.29, 1.82) is 5.26 Å². The Kier molecular flexibility index (Phi) is 33.2. The number of aryl methyl sites for hydroxylation is 10. The van der Waals surface area contributed by atoms with E-state index in [1.807, 2.05) is 126 Å². The average Bonchev–Trinajstić information content (AvgIpc) is 0.768. The first-order valence-corrected chi connectivity index (χ1v) is 31.5. The molecule has 0 radical (unpaired) electrons. The van der Waals surface area contributed by atoms with E-state index in [0.29, 0.717) is 5.56 Å². The summed E-state index contributed by atoms with van der Waals surface area (Å²) in [4.78, 5) is 11.7. The first-order chi connectivity index (χ1) is 47.1. The Balaban J connectivity index is 0.000000285. The van der Waals surface area contributed by atoms with Gasteiger partial charge in [0.25, 0.3) is 0 Å². The highest BCUT2D eigenvalue weighted by atomic mass is 19.1. The van der Waals surface area contributed by atoms with Gasteiger partial charge in [-0.15, -0.1) is 0 Å². The fourth-order valence-corrected chi connectivity index (χ4v) is 8.35. The Labute approximate surface area is 571 Å². The van der Waals surface area contributed by atoms with Crippen molar-refractivity contribution in [2.24, 2.45) is 0 Å². The third-order valence-corrected chi connectivity index (χ3v) is 14.7. The molecule has 0 N–H and O–H groups in total. The molecule has 0 saturated heterocycles. The summed E-state index contributed by atoms with van der Waals surface area (Å²) in [5.41, 5.74) is 22.2. The Hall–Kier alpha value is -10.4. The van der Waals surface area contributed by atoms with Gasteiger partial charge in [0.2, 0.25) is 0 Å². The lowest BCUT2D eigenvalue weighted by atomic mass is 9.90. The maximum Gasteiger partial charge on any atom is 0.123 e. The number of halogens is 1. The van der Waals surface area contributed by atoms with Gasteiger partial charge in [0.15, 0.2) is 0 Å². The zero-order chi connectivity index (χ0) is 73.4. The zero-order valence-electron chi connectivity index (χ0n) is 63.5. The summed E-state index contributed by atoms with van der Waals surface area (Å²) in [6.07, 6.45) is 8.97. The number of nitrogens with zero attached hydrogens (tertiary/aromatic N) is 4. The van der Waals surface area contributed by atoms with Crippen LogP contribution in [0.4, 0.5) is 4.39 Å². The van der Waals surface area contributed by atoms with Gasteiger partial charge >= 0.3 is 0 Å². The van der Waals surface area contributed by atoms with Gasteiger partial charge in [-0.2, -0.15) is 5.26 Å². The van der Waals surface area contributed by atoms with Crippen LogP contribution in [0.25, 0.3) is 21.5 Å². The van der Waals surface area contributed by atoms with Crippen molar-refractivity contribution in [3.05, 3.63) is 398 Å². The quantitative estimate of drug-likeness (QED) is 0.152. The minimum absolute atomic E-state index is 0.124. The molecule has 0 aliphatic carbocycles. The Bertz CT molecular complexity index is 3960.